The first-order chi connectivity index (χ1) is 16.5. The fraction of sp³-hybridized carbons (Fsp3) is 0.292. The number of aromatic nitrogens is 2. The lowest BCUT2D eigenvalue weighted by atomic mass is 9.89. The molecule has 10 nitrogen and oxygen atoms in total. The molecule has 2 saturated heterocycles. The van der Waals surface area contributed by atoms with Crippen molar-refractivity contribution in [1.29, 1.82) is 5.26 Å². The number of amides is 3. The second-order valence-electron chi connectivity index (χ2n) is 8.65. The molecule has 3 aromatic rings. The van der Waals surface area contributed by atoms with Crippen molar-refractivity contribution in [1.82, 2.24) is 20.3 Å². The smallest absolute Gasteiger partial charge is 0.323 e. The molecule has 0 aliphatic carbocycles. The van der Waals surface area contributed by atoms with Gasteiger partial charge in [-0.1, -0.05) is 0 Å². The molecule has 0 spiro atoms. The van der Waals surface area contributed by atoms with E-state index >= 15 is 0 Å². The van der Waals surface area contributed by atoms with Crippen LogP contribution in [0.2, 0.25) is 0 Å². The molecule has 10 heteroatoms. The van der Waals surface area contributed by atoms with Crippen molar-refractivity contribution in [2.24, 2.45) is 11.8 Å². The summed E-state index contributed by atoms with van der Waals surface area (Å²) in [6, 6.07) is 14.4. The number of likely N-dealkylation sites (tertiary alicyclic amines) is 1. The largest absolute Gasteiger partial charge is 0.356 e. The minimum Gasteiger partial charge on any atom is -0.356 e. The molecule has 1 aromatic carbocycles. The van der Waals surface area contributed by atoms with Crippen LogP contribution in [0.15, 0.2) is 48.7 Å². The van der Waals surface area contributed by atoms with Crippen LogP contribution in [0, 0.1) is 23.2 Å². The van der Waals surface area contributed by atoms with E-state index in [1.54, 1.807) is 11.5 Å². The maximum absolute atomic E-state index is 12.8. The van der Waals surface area contributed by atoms with Crippen LogP contribution in [-0.4, -0.2) is 58.2 Å². The fourth-order valence-corrected chi connectivity index (χ4v) is 4.76. The van der Waals surface area contributed by atoms with Crippen LogP contribution in [0.5, 0.6) is 0 Å². The normalized spacial score (nSPS) is 19.4. The number of carbonyl (C=O) groups is 2. The van der Waals surface area contributed by atoms with Gasteiger partial charge in [0.2, 0.25) is 0 Å². The summed E-state index contributed by atoms with van der Waals surface area (Å²) in [5.74, 6) is 1.38. The quantitative estimate of drug-likeness (QED) is 0.406. The molecule has 2 unspecified atom stereocenters. The summed E-state index contributed by atoms with van der Waals surface area (Å²) in [6.45, 7) is 3.04. The van der Waals surface area contributed by atoms with Gasteiger partial charge in [-0.15, -0.1) is 0 Å². The maximum atomic E-state index is 12.8. The van der Waals surface area contributed by atoms with Crippen LogP contribution in [0.25, 0.3) is 10.9 Å². The van der Waals surface area contributed by atoms with E-state index in [4.69, 9.17) is 15.5 Å². The van der Waals surface area contributed by atoms with Crippen molar-refractivity contribution in [3.8, 4) is 6.07 Å². The molecule has 0 saturated carbocycles. The van der Waals surface area contributed by atoms with Crippen LogP contribution in [0.1, 0.15) is 22.3 Å². The van der Waals surface area contributed by atoms with Crippen molar-refractivity contribution in [2.75, 3.05) is 36.4 Å². The second kappa shape index (κ2) is 8.96. The van der Waals surface area contributed by atoms with E-state index in [9.17, 15) is 9.59 Å². The van der Waals surface area contributed by atoms with Crippen LogP contribution in [0.3, 0.4) is 0 Å². The Morgan fingerprint density at radius 2 is 1.94 bits per heavy atom. The monoisotopic (exact) mass is 457 g/mol. The van der Waals surface area contributed by atoms with Gasteiger partial charge in [0.05, 0.1) is 22.7 Å². The minimum atomic E-state index is -0.661. The Morgan fingerprint density at radius 1 is 1.09 bits per heavy atom. The molecule has 4 heterocycles. The highest BCUT2D eigenvalue weighted by Gasteiger charge is 2.39. The molecular weight excluding hydrogens is 434 g/mol. The van der Waals surface area contributed by atoms with Gasteiger partial charge in [-0.3, -0.25) is 15.3 Å². The van der Waals surface area contributed by atoms with E-state index < -0.39 is 5.91 Å². The zero-order valence-corrected chi connectivity index (χ0v) is 18.3. The Bertz CT molecular complexity index is 1290. The lowest BCUT2D eigenvalue weighted by Crippen LogP contribution is -2.40. The van der Waals surface area contributed by atoms with Gasteiger partial charge in [0.25, 0.3) is 5.91 Å². The van der Waals surface area contributed by atoms with Crippen LogP contribution in [-0.2, 0) is 0 Å². The topological polar surface area (TPSA) is 134 Å². The Hall–Kier alpha value is -4.23. The number of fused-ring (bicyclic) bond motifs is 2. The van der Waals surface area contributed by atoms with E-state index in [0.717, 1.165) is 36.2 Å². The highest BCUT2D eigenvalue weighted by atomic mass is 16.5. The van der Waals surface area contributed by atoms with Gasteiger partial charge in [-0.25, -0.2) is 20.2 Å². The third-order valence-corrected chi connectivity index (χ3v) is 6.58. The van der Waals surface area contributed by atoms with Crippen LogP contribution < -0.4 is 15.7 Å². The van der Waals surface area contributed by atoms with Gasteiger partial charge in [-0.2, -0.15) is 5.26 Å². The van der Waals surface area contributed by atoms with Gasteiger partial charge in [0, 0.05) is 37.8 Å². The van der Waals surface area contributed by atoms with E-state index in [-0.39, 0.29) is 11.6 Å². The molecule has 5 rings (SSSR count). The molecule has 3 amide bonds. The van der Waals surface area contributed by atoms with E-state index in [1.165, 1.54) is 18.3 Å². The van der Waals surface area contributed by atoms with Gasteiger partial charge in [0.15, 0.2) is 0 Å². The van der Waals surface area contributed by atoms with E-state index in [1.807, 2.05) is 29.2 Å². The number of rotatable bonds is 3. The predicted molar refractivity (Wildman–Crippen MR) is 124 cm³/mol. The molecule has 0 bridgehead atoms. The zero-order chi connectivity index (χ0) is 23.7. The molecule has 2 atom stereocenters. The minimum absolute atomic E-state index is 0.195. The number of carbonyl (C=O) groups excluding carboxylic acids is 2. The van der Waals surface area contributed by atoms with Crippen molar-refractivity contribution < 1.29 is 14.8 Å². The summed E-state index contributed by atoms with van der Waals surface area (Å²) in [6.07, 6.45) is 2.27. The number of benzene rings is 1. The molecule has 2 aliphatic heterocycles. The number of urea groups is 1. The third kappa shape index (κ3) is 4.21. The predicted octanol–water partition coefficient (Wildman–Crippen LogP) is 2.61. The Kier molecular flexibility index (Phi) is 5.69. The number of hydrogen-bond donors (Lipinski definition) is 3. The van der Waals surface area contributed by atoms with Crippen molar-refractivity contribution in [2.45, 2.75) is 6.42 Å². The first kappa shape index (κ1) is 21.6. The van der Waals surface area contributed by atoms with Crippen molar-refractivity contribution in [3.05, 3.63) is 59.8 Å². The summed E-state index contributed by atoms with van der Waals surface area (Å²) in [5, 5.41) is 21.5. The molecule has 34 heavy (non-hydrogen) atoms. The zero-order valence-electron chi connectivity index (χ0n) is 18.3. The average Bonchev–Trinajstić information content (AvgIpc) is 3.32. The Morgan fingerprint density at radius 3 is 2.71 bits per heavy atom. The number of hydrogen-bond acceptors (Lipinski definition) is 7. The van der Waals surface area contributed by atoms with Crippen LogP contribution >= 0.6 is 0 Å². The Labute approximate surface area is 195 Å². The molecule has 0 radical (unpaired) electrons. The highest BCUT2D eigenvalue weighted by molar-refractivity contribution is 5.94. The standard InChI is InChI=1S/C24H23N7O3/c25-10-15-1-4-20-16(9-15)3-6-22(27-20)30-8-7-18-12-31(14-19(18)13-30)24(33)28-21-5-2-17(11-26-21)23(32)29-34/h1-6,9,11,18-19,34H,7-8,12-14H2,(H,29,32)(H,26,28,33). The number of hydroxylamine groups is 1. The molecule has 2 aliphatic rings. The molecule has 3 N–H and O–H groups in total. The number of piperidine rings is 1. The molecular formula is C24H23N7O3. The lowest BCUT2D eigenvalue weighted by Gasteiger charge is -2.35. The highest BCUT2D eigenvalue weighted by Crippen LogP contribution is 2.33. The maximum Gasteiger partial charge on any atom is 0.323 e. The number of anilines is 2. The van der Waals surface area contributed by atoms with Gasteiger partial charge in [0.1, 0.15) is 11.6 Å². The Balaban J connectivity index is 1.22. The summed E-state index contributed by atoms with van der Waals surface area (Å²) >= 11 is 0. The molecule has 2 fully saturated rings. The number of nitrogens with zero attached hydrogens (tertiary/aromatic N) is 5. The van der Waals surface area contributed by atoms with Crippen molar-refractivity contribution >= 4 is 34.5 Å². The summed E-state index contributed by atoms with van der Waals surface area (Å²) in [4.78, 5) is 37.1. The fourth-order valence-electron chi connectivity index (χ4n) is 4.76. The van der Waals surface area contributed by atoms with Crippen LogP contribution in [0.4, 0.5) is 16.4 Å². The van der Waals surface area contributed by atoms with Gasteiger partial charge < -0.3 is 9.80 Å². The van der Waals surface area contributed by atoms with E-state index in [2.05, 4.69) is 21.3 Å². The summed E-state index contributed by atoms with van der Waals surface area (Å²) in [5.41, 5.74) is 3.23. The molecule has 2 aromatic heterocycles. The summed E-state index contributed by atoms with van der Waals surface area (Å²) in [7, 11) is 0. The third-order valence-electron chi connectivity index (χ3n) is 6.58. The van der Waals surface area contributed by atoms with Crippen molar-refractivity contribution in [3.63, 3.8) is 0 Å². The number of pyridine rings is 2. The first-order valence-corrected chi connectivity index (χ1v) is 11.1. The van der Waals surface area contributed by atoms with Gasteiger partial charge >= 0.3 is 6.03 Å². The number of nitrogens with one attached hydrogen (secondary N) is 2. The SMILES string of the molecule is N#Cc1ccc2nc(N3CCC4CN(C(=O)Nc5ccc(C(=O)NO)cn5)CC4C3)ccc2c1. The summed E-state index contributed by atoms with van der Waals surface area (Å²) < 4.78 is 0. The van der Waals surface area contributed by atoms with Gasteiger partial charge in [-0.05, 0) is 60.7 Å². The van der Waals surface area contributed by atoms with E-state index in [0.29, 0.717) is 36.3 Å². The number of nitriles is 1. The average molecular weight is 457 g/mol. The lowest BCUT2D eigenvalue weighted by molar-refractivity contribution is 0.0706. The first-order valence-electron chi connectivity index (χ1n) is 11.1. The second-order valence-corrected chi connectivity index (χ2v) is 8.65. The molecule has 172 valence electrons.